The van der Waals surface area contributed by atoms with E-state index in [-0.39, 0.29) is 23.6 Å². The summed E-state index contributed by atoms with van der Waals surface area (Å²) < 4.78 is 17.0. The van der Waals surface area contributed by atoms with Gasteiger partial charge in [0.25, 0.3) is 5.22 Å². The topological polar surface area (TPSA) is 86.5 Å². The van der Waals surface area contributed by atoms with Gasteiger partial charge in [0.1, 0.15) is 13.2 Å². The Labute approximate surface area is 191 Å². The fourth-order valence-electron chi connectivity index (χ4n) is 3.49. The highest BCUT2D eigenvalue weighted by Crippen LogP contribution is 2.34. The van der Waals surface area contributed by atoms with Gasteiger partial charge in [0, 0.05) is 5.56 Å². The number of nitrogens with one attached hydrogen (secondary N) is 1. The standard InChI is InChI=1S/C24H27N3O4S/c1-14(2)22(17-7-8-19-20(12-17)30-10-9-29-19)25-21(28)13-32-24-27-26-23(31-24)18-6-5-15(3)16(4)11-18/h5-8,11-12,14,22H,9-10,13H2,1-4H3,(H,25,28). The van der Waals surface area contributed by atoms with E-state index in [2.05, 4.69) is 36.3 Å². The second-order valence-electron chi connectivity index (χ2n) is 8.15. The van der Waals surface area contributed by atoms with Crippen LogP contribution in [-0.2, 0) is 4.79 Å². The number of thioether (sulfide) groups is 1. The molecule has 8 heteroatoms. The predicted octanol–water partition coefficient (Wildman–Crippen LogP) is 4.73. The lowest BCUT2D eigenvalue weighted by Gasteiger charge is -2.25. The summed E-state index contributed by atoms with van der Waals surface area (Å²) in [5.41, 5.74) is 4.22. The quantitative estimate of drug-likeness (QED) is 0.518. The van der Waals surface area contributed by atoms with Gasteiger partial charge >= 0.3 is 0 Å². The van der Waals surface area contributed by atoms with E-state index >= 15 is 0 Å². The highest BCUT2D eigenvalue weighted by atomic mass is 32.2. The Bertz CT molecular complexity index is 1110. The summed E-state index contributed by atoms with van der Waals surface area (Å²) in [4.78, 5) is 12.7. The summed E-state index contributed by atoms with van der Waals surface area (Å²) in [5.74, 6) is 2.18. The fraction of sp³-hybridized carbons (Fsp3) is 0.375. The van der Waals surface area contributed by atoms with E-state index < -0.39 is 0 Å². The van der Waals surface area contributed by atoms with Crippen molar-refractivity contribution in [1.82, 2.24) is 15.5 Å². The van der Waals surface area contributed by atoms with Gasteiger partial charge in [0.2, 0.25) is 11.8 Å². The maximum absolute atomic E-state index is 12.7. The molecule has 7 nitrogen and oxygen atoms in total. The molecule has 0 fully saturated rings. The summed E-state index contributed by atoms with van der Waals surface area (Å²) in [7, 11) is 0. The van der Waals surface area contributed by atoms with Crippen LogP contribution in [0.4, 0.5) is 0 Å². The molecular weight excluding hydrogens is 426 g/mol. The highest BCUT2D eigenvalue weighted by Gasteiger charge is 2.22. The highest BCUT2D eigenvalue weighted by molar-refractivity contribution is 7.99. The van der Waals surface area contributed by atoms with Crippen molar-refractivity contribution < 1.29 is 18.7 Å². The zero-order valence-corrected chi connectivity index (χ0v) is 19.5. The van der Waals surface area contributed by atoms with E-state index in [1.54, 1.807) is 0 Å². The molecule has 0 saturated carbocycles. The molecule has 0 spiro atoms. The zero-order chi connectivity index (χ0) is 22.7. The summed E-state index contributed by atoms with van der Waals surface area (Å²) in [6.45, 7) is 9.32. The number of fused-ring (bicyclic) bond motifs is 1. The molecule has 168 valence electrons. The van der Waals surface area contributed by atoms with Crippen molar-refractivity contribution in [1.29, 1.82) is 0 Å². The second-order valence-corrected chi connectivity index (χ2v) is 9.08. The van der Waals surface area contributed by atoms with Crippen LogP contribution in [0.15, 0.2) is 46.0 Å². The number of nitrogens with zero attached hydrogens (tertiary/aromatic N) is 2. The van der Waals surface area contributed by atoms with Gasteiger partial charge in [-0.2, -0.15) is 0 Å². The number of hydrogen-bond acceptors (Lipinski definition) is 7. The van der Waals surface area contributed by atoms with Crippen LogP contribution < -0.4 is 14.8 Å². The smallest absolute Gasteiger partial charge is 0.277 e. The van der Waals surface area contributed by atoms with Crippen LogP contribution in [0, 0.1) is 19.8 Å². The number of aryl methyl sites for hydroxylation is 2. The lowest BCUT2D eigenvalue weighted by atomic mass is 9.95. The third kappa shape index (κ3) is 5.07. The van der Waals surface area contributed by atoms with Crippen molar-refractivity contribution in [3.8, 4) is 23.0 Å². The van der Waals surface area contributed by atoms with Crippen LogP contribution in [0.2, 0.25) is 0 Å². The summed E-state index contributed by atoms with van der Waals surface area (Å²) in [6, 6.07) is 11.7. The largest absolute Gasteiger partial charge is 0.486 e. The normalized spacial score (nSPS) is 13.8. The van der Waals surface area contributed by atoms with E-state index in [0.29, 0.717) is 30.1 Å². The Hall–Kier alpha value is -3.00. The maximum Gasteiger partial charge on any atom is 0.277 e. The molecule has 0 radical (unpaired) electrons. The molecule has 4 rings (SSSR count). The molecule has 2 aromatic carbocycles. The van der Waals surface area contributed by atoms with Crippen LogP contribution in [0.1, 0.15) is 36.6 Å². The fourth-order valence-corrected chi connectivity index (χ4v) is 4.06. The first-order valence-corrected chi connectivity index (χ1v) is 11.6. The van der Waals surface area contributed by atoms with Crippen molar-refractivity contribution >= 4 is 17.7 Å². The summed E-state index contributed by atoms with van der Waals surface area (Å²) >= 11 is 1.23. The van der Waals surface area contributed by atoms with E-state index in [9.17, 15) is 4.79 Å². The van der Waals surface area contributed by atoms with Gasteiger partial charge in [-0.1, -0.05) is 37.7 Å². The third-order valence-electron chi connectivity index (χ3n) is 5.40. The monoisotopic (exact) mass is 453 g/mol. The molecule has 0 aliphatic carbocycles. The van der Waals surface area contributed by atoms with E-state index in [1.807, 2.05) is 43.3 Å². The van der Waals surface area contributed by atoms with Crippen LogP contribution in [0.25, 0.3) is 11.5 Å². The molecule has 1 N–H and O–H groups in total. The molecule has 0 bridgehead atoms. The lowest BCUT2D eigenvalue weighted by Crippen LogP contribution is -2.33. The SMILES string of the molecule is Cc1ccc(-c2nnc(SCC(=O)NC(c3ccc4c(c3)OCCO4)C(C)C)o2)cc1C. The predicted molar refractivity (Wildman–Crippen MR) is 123 cm³/mol. The first kappa shape index (κ1) is 22.2. The number of rotatable bonds is 7. The summed E-state index contributed by atoms with van der Waals surface area (Å²) in [5, 5.41) is 11.7. The number of hydrogen-bond donors (Lipinski definition) is 1. The van der Waals surface area contributed by atoms with Gasteiger partial charge in [0.15, 0.2) is 11.5 Å². The van der Waals surface area contributed by atoms with E-state index in [0.717, 1.165) is 22.4 Å². The Morgan fingerprint density at radius 2 is 1.81 bits per heavy atom. The molecule has 1 aliphatic heterocycles. The van der Waals surface area contributed by atoms with Gasteiger partial charge in [-0.25, -0.2) is 0 Å². The van der Waals surface area contributed by atoms with Gasteiger partial charge in [0.05, 0.1) is 11.8 Å². The van der Waals surface area contributed by atoms with Crippen molar-refractivity contribution in [2.75, 3.05) is 19.0 Å². The third-order valence-corrected chi connectivity index (χ3v) is 6.21. The molecule has 0 saturated heterocycles. The maximum atomic E-state index is 12.7. The minimum absolute atomic E-state index is 0.102. The lowest BCUT2D eigenvalue weighted by molar-refractivity contribution is -0.119. The zero-order valence-electron chi connectivity index (χ0n) is 18.7. The molecule has 1 unspecified atom stereocenters. The van der Waals surface area contributed by atoms with Crippen LogP contribution in [0.5, 0.6) is 11.5 Å². The molecule has 1 aromatic heterocycles. The Morgan fingerprint density at radius 1 is 1.03 bits per heavy atom. The van der Waals surface area contributed by atoms with Crippen molar-refractivity contribution in [2.45, 2.75) is 39.0 Å². The molecule has 3 aromatic rings. The average molecular weight is 454 g/mol. The van der Waals surface area contributed by atoms with Crippen molar-refractivity contribution in [3.63, 3.8) is 0 Å². The number of carbonyl (C=O) groups is 1. The van der Waals surface area contributed by atoms with Gasteiger partial charge < -0.3 is 19.2 Å². The number of ether oxygens (including phenoxy) is 2. The molecule has 2 heterocycles. The van der Waals surface area contributed by atoms with Gasteiger partial charge in [-0.3, -0.25) is 4.79 Å². The van der Waals surface area contributed by atoms with Gasteiger partial charge in [-0.15, -0.1) is 10.2 Å². The summed E-state index contributed by atoms with van der Waals surface area (Å²) in [6.07, 6.45) is 0. The van der Waals surface area contributed by atoms with Crippen molar-refractivity contribution in [3.05, 3.63) is 53.1 Å². The number of benzene rings is 2. The van der Waals surface area contributed by atoms with Crippen LogP contribution >= 0.6 is 11.8 Å². The molecule has 32 heavy (non-hydrogen) atoms. The van der Waals surface area contributed by atoms with Crippen LogP contribution in [0.3, 0.4) is 0 Å². The molecule has 1 atom stereocenters. The van der Waals surface area contributed by atoms with Gasteiger partial charge in [-0.05, 0) is 60.7 Å². The Balaban J connectivity index is 1.38. The second kappa shape index (κ2) is 9.65. The molecule has 1 amide bonds. The molecular formula is C24H27N3O4S. The first-order chi connectivity index (χ1) is 15.4. The van der Waals surface area contributed by atoms with Crippen LogP contribution in [-0.4, -0.2) is 35.1 Å². The Kier molecular flexibility index (Phi) is 6.69. The van der Waals surface area contributed by atoms with Crippen molar-refractivity contribution in [2.24, 2.45) is 5.92 Å². The number of amides is 1. The first-order valence-electron chi connectivity index (χ1n) is 10.6. The Morgan fingerprint density at radius 3 is 2.56 bits per heavy atom. The minimum atomic E-state index is -0.146. The molecule has 1 aliphatic rings. The number of carbonyl (C=O) groups excluding carboxylic acids is 1. The van der Waals surface area contributed by atoms with E-state index in [4.69, 9.17) is 13.9 Å². The average Bonchev–Trinajstić information content (AvgIpc) is 3.26. The van der Waals surface area contributed by atoms with E-state index in [1.165, 1.54) is 17.3 Å². The minimum Gasteiger partial charge on any atom is -0.486 e. The number of aromatic nitrogens is 2.